The molecule has 0 saturated carbocycles. The van der Waals surface area contributed by atoms with Crippen LogP contribution in [0, 0.1) is 0 Å². The van der Waals surface area contributed by atoms with Gasteiger partial charge in [-0.25, -0.2) is 9.97 Å². The molecule has 2 aliphatic rings. The lowest BCUT2D eigenvalue weighted by Gasteiger charge is -2.19. The molecule has 4 aromatic rings. The van der Waals surface area contributed by atoms with E-state index in [0.29, 0.717) is 23.1 Å². The van der Waals surface area contributed by atoms with E-state index in [0.717, 1.165) is 71.0 Å². The SMILES string of the molecule is Cl.Cl.Cn1c(Nc2nc3ccc(Cl)cc3s2)nc2c([C@H]3CCN(CCO)C3)c(C(=O)N[C@@H]3CCNC3)ccc21. The highest BCUT2D eigenvalue weighted by molar-refractivity contribution is 7.22. The molecule has 4 heterocycles. The fourth-order valence-corrected chi connectivity index (χ4v) is 6.64. The summed E-state index contributed by atoms with van der Waals surface area (Å²) in [5.74, 6) is 0.781. The van der Waals surface area contributed by atoms with Gasteiger partial charge in [0.25, 0.3) is 5.91 Å². The average Bonchev–Trinajstić information content (AvgIpc) is 3.67. The lowest BCUT2D eigenvalue weighted by atomic mass is 9.91. The van der Waals surface area contributed by atoms with Gasteiger partial charge in [0, 0.05) is 49.2 Å². The standard InChI is InChI=1S/C26H30ClN7O2S.2ClH/c1-33-20-5-3-18(24(36)29-17-6-8-28-13-17)22(15-7-9-34(14-15)10-11-35)23(20)31-25(33)32-26-30-19-4-2-16(27)12-21(19)37-26;;/h2-5,12,15,17,28,35H,6-11,13-14H2,1H3,(H,29,36)(H,30,31,32);2*1H/t15-,17+;;/m0../s1. The first-order valence-electron chi connectivity index (χ1n) is 12.7. The largest absolute Gasteiger partial charge is 0.395 e. The Morgan fingerprint density at radius 3 is 2.85 bits per heavy atom. The summed E-state index contributed by atoms with van der Waals surface area (Å²) >= 11 is 7.68. The number of thiazole rings is 1. The first-order chi connectivity index (χ1) is 18.0. The number of aromatic nitrogens is 3. The normalized spacial score (nSPS) is 19.3. The number of hydrogen-bond donors (Lipinski definition) is 4. The number of fused-ring (bicyclic) bond motifs is 2. The van der Waals surface area contributed by atoms with Gasteiger partial charge in [-0.2, -0.15) is 0 Å². The van der Waals surface area contributed by atoms with Crippen LogP contribution in [0.3, 0.4) is 0 Å². The summed E-state index contributed by atoms with van der Waals surface area (Å²) in [7, 11) is 1.97. The molecule has 39 heavy (non-hydrogen) atoms. The molecule has 210 valence electrons. The molecule has 0 unspecified atom stereocenters. The maximum atomic E-state index is 13.5. The van der Waals surface area contributed by atoms with Crippen molar-refractivity contribution in [2.45, 2.75) is 24.8 Å². The zero-order chi connectivity index (χ0) is 25.5. The topological polar surface area (TPSA) is 107 Å². The van der Waals surface area contributed by atoms with Gasteiger partial charge in [0.05, 0.1) is 27.9 Å². The number of hydrogen-bond acceptors (Lipinski definition) is 8. The second-order valence-electron chi connectivity index (χ2n) is 9.82. The number of rotatable bonds is 7. The monoisotopic (exact) mass is 611 g/mol. The molecular weight excluding hydrogens is 581 g/mol. The number of aryl methyl sites for hydroxylation is 1. The van der Waals surface area contributed by atoms with Crippen molar-refractivity contribution < 1.29 is 9.90 Å². The number of carbonyl (C=O) groups is 1. The van der Waals surface area contributed by atoms with E-state index < -0.39 is 0 Å². The van der Waals surface area contributed by atoms with Crippen molar-refractivity contribution >= 4 is 86.0 Å². The summed E-state index contributed by atoms with van der Waals surface area (Å²) in [6, 6.07) is 9.72. The molecule has 4 N–H and O–H groups in total. The van der Waals surface area contributed by atoms with Gasteiger partial charge in [0.2, 0.25) is 5.95 Å². The van der Waals surface area contributed by atoms with E-state index in [1.165, 1.54) is 11.3 Å². The number of likely N-dealkylation sites (tertiary alicyclic amines) is 1. The number of carbonyl (C=O) groups excluding carboxylic acids is 1. The molecule has 0 radical (unpaired) electrons. The fourth-order valence-electron chi connectivity index (χ4n) is 5.50. The summed E-state index contributed by atoms with van der Waals surface area (Å²) in [5, 5.41) is 20.8. The van der Waals surface area contributed by atoms with Crippen LogP contribution in [0.15, 0.2) is 30.3 Å². The Hall–Kier alpha value is -2.18. The van der Waals surface area contributed by atoms with Crippen molar-refractivity contribution in [2.75, 3.05) is 44.6 Å². The number of nitrogens with one attached hydrogen (secondary N) is 3. The van der Waals surface area contributed by atoms with Crippen molar-refractivity contribution in [3.63, 3.8) is 0 Å². The minimum absolute atomic E-state index is 0. The van der Waals surface area contributed by atoms with E-state index in [1.54, 1.807) is 0 Å². The van der Waals surface area contributed by atoms with Crippen LogP contribution in [0.4, 0.5) is 11.1 Å². The van der Waals surface area contributed by atoms with Gasteiger partial charge in [-0.15, -0.1) is 24.8 Å². The molecule has 2 aliphatic heterocycles. The number of halogens is 3. The van der Waals surface area contributed by atoms with Crippen molar-refractivity contribution in [3.8, 4) is 0 Å². The third kappa shape index (κ3) is 5.97. The highest BCUT2D eigenvalue weighted by atomic mass is 35.5. The van der Waals surface area contributed by atoms with Gasteiger partial charge in [0.1, 0.15) is 0 Å². The zero-order valence-electron chi connectivity index (χ0n) is 21.4. The number of nitrogens with zero attached hydrogens (tertiary/aromatic N) is 4. The Bertz CT molecular complexity index is 1470. The average molecular weight is 613 g/mol. The summed E-state index contributed by atoms with van der Waals surface area (Å²) in [6.45, 7) is 4.16. The quantitative estimate of drug-likeness (QED) is 0.247. The van der Waals surface area contributed by atoms with Crippen LogP contribution in [-0.4, -0.2) is 75.8 Å². The van der Waals surface area contributed by atoms with Crippen molar-refractivity contribution in [1.82, 2.24) is 30.1 Å². The first-order valence-corrected chi connectivity index (χ1v) is 13.9. The van der Waals surface area contributed by atoms with Gasteiger partial charge >= 0.3 is 0 Å². The van der Waals surface area contributed by atoms with E-state index in [1.807, 2.05) is 41.9 Å². The highest BCUT2D eigenvalue weighted by Crippen LogP contribution is 2.37. The maximum absolute atomic E-state index is 13.5. The molecule has 2 atom stereocenters. The number of aliphatic hydroxyl groups is 1. The van der Waals surface area contributed by atoms with Crippen LogP contribution < -0.4 is 16.0 Å². The molecule has 0 aliphatic carbocycles. The van der Waals surface area contributed by atoms with Gasteiger partial charge in [-0.05, 0) is 61.8 Å². The Kier molecular flexibility index (Phi) is 9.59. The highest BCUT2D eigenvalue weighted by Gasteiger charge is 2.31. The molecule has 2 aromatic carbocycles. The molecule has 1 amide bonds. The molecule has 6 rings (SSSR count). The van der Waals surface area contributed by atoms with Crippen LogP contribution in [0.2, 0.25) is 5.02 Å². The number of imidazole rings is 1. The van der Waals surface area contributed by atoms with Gasteiger partial charge in [-0.3, -0.25) is 4.79 Å². The van der Waals surface area contributed by atoms with Crippen LogP contribution in [0.1, 0.15) is 34.7 Å². The van der Waals surface area contributed by atoms with Gasteiger partial charge < -0.3 is 30.5 Å². The Morgan fingerprint density at radius 2 is 2.08 bits per heavy atom. The molecule has 9 nitrogen and oxygen atoms in total. The summed E-state index contributed by atoms with van der Waals surface area (Å²) in [4.78, 5) is 25.4. The van der Waals surface area contributed by atoms with Crippen molar-refractivity contribution in [2.24, 2.45) is 7.05 Å². The van der Waals surface area contributed by atoms with Crippen LogP contribution in [-0.2, 0) is 7.05 Å². The predicted octanol–water partition coefficient (Wildman–Crippen LogP) is 4.30. The number of benzene rings is 2. The lowest BCUT2D eigenvalue weighted by molar-refractivity contribution is 0.0938. The Morgan fingerprint density at radius 1 is 1.23 bits per heavy atom. The molecule has 13 heteroatoms. The van der Waals surface area contributed by atoms with E-state index in [2.05, 4.69) is 25.8 Å². The lowest BCUT2D eigenvalue weighted by Crippen LogP contribution is -2.37. The number of anilines is 2. The molecule has 2 fully saturated rings. The van der Waals surface area contributed by atoms with E-state index in [4.69, 9.17) is 16.6 Å². The Labute approximate surface area is 248 Å². The fraction of sp³-hybridized carbons (Fsp3) is 0.423. The third-order valence-corrected chi connectivity index (χ3v) is 8.57. The summed E-state index contributed by atoms with van der Waals surface area (Å²) in [5.41, 5.74) is 4.35. The van der Waals surface area contributed by atoms with Crippen LogP contribution in [0.5, 0.6) is 0 Å². The molecule has 0 spiro atoms. The zero-order valence-corrected chi connectivity index (χ0v) is 24.7. The molecule has 2 aromatic heterocycles. The minimum atomic E-state index is -0.0468. The number of amides is 1. The summed E-state index contributed by atoms with van der Waals surface area (Å²) in [6.07, 6.45) is 1.85. The first kappa shape index (κ1) is 29.8. The van der Waals surface area contributed by atoms with Gasteiger partial charge in [0.15, 0.2) is 5.13 Å². The maximum Gasteiger partial charge on any atom is 0.251 e. The van der Waals surface area contributed by atoms with Crippen molar-refractivity contribution in [3.05, 3.63) is 46.5 Å². The smallest absolute Gasteiger partial charge is 0.251 e. The third-order valence-electron chi connectivity index (χ3n) is 7.40. The number of aliphatic hydroxyl groups excluding tert-OH is 1. The van der Waals surface area contributed by atoms with E-state index >= 15 is 0 Å². The van der Waals surface area contributed by atoms with E-state index in [-0.39, 0.29) is 49.3 Å². The van der Waals surface area contributed by atoms with Crippen molar-refractivity contribution in [1.29, 1.82) is 0 Å². The Balaban J connectivity index is 0.00000176. The van der Waals surface area contributed by atoms with E-state index in [9.17, 15) is 9.90 Å². The number of β-amino-alcohol motifs (C(OH)–C–C–N with tert-alkyl or cyclic N) is 1. The van der Waals surface area contributed by atoms with Crippen LogP contribution >= 0.6 is 47.8 Å². The second-order valence-corrected chi connectivity index (χ2v) is 11.3. The molecule has 0 bridgehead atoms. The van der Waals surface area contributed by atoms with Crippen LogP contribution in [0.25, 0.3) is 21.3 Å². The minimum Gasteiger partial charge on any atom is -0.395 e. The second kappa shape index (κ2) is 12.6. The summed E-state index contributed by atoms with van der Waals surface area (Å²) < 4.78 is 3.02. The predicted molar refractivity (Wildman–Crippen MR) is 163 cm³/mol. The molecular formula is C26H32Cl3N7O2S. The molecule has 2 saturated heterocycles. The van der Waals surface area contributed by atoms with Gasteiger partial charge in [-0.1, -0.05) is 22.9 Å².